The van der Waals surface area contributed by atoms with Crippen molar-refractivity contribution >= 4 is 22.8 Å². The zero-order chi connectivity index (χ0) is 17.6. The molecule has 0 unspecified atom stereocenters. The summed E-state index contributed by atoms with van der Waals surface area (Å²) in [6, 6.07) is 9.29. The molecule has 0 saturated heterocycles. The number of hydrogen-bond acceptors (Lipinski definition) is 8. The van der Waals surface area contributed by atoms with Crippen LogP contribution in [0.3, 0.4) is 0 Å². The van der Waals surface area contributed by atoms with Crippen molar-refractivity contribution in [3.8, 4) is 28.2 Å². The SMILES string of the molecule is COCCNc1cccc(-c2nc(-c3nccs3)cc(N)c2C#N)n1. The number of hydrogen-bond donors (Lipinski definition) is 2. The van der Waals surface area contributed by atoms with E-state index in [1.165, 1.54) is 11.3 Å². The molecule has 0 aliphatic heterocycles. The van der Waals surface area contributed by atoms with Crippen LogP contribution in [0.1, 0.15) is 5.56 Å². The molecule has 0 radical (unpaired) electrons. The molecule has 3 aromatic heterocycles. The van der Waals surface area contributed by atoms with Crippen molar-refractivity contribution in [3.05, 3.63) is 41.4 Å². The number of nitrogens with one attached hydrogen (secondary N) is 1. The second kappa shape index (κ2) is 7.70. The van der Waals surface area contributed by atoms with Crippen LogP contribution in [0.25, 0.3) is 22.1 Å². The van der Waals surface area contributed by atoms with Crippen LogP contribution in [0.5, 0.6) is 0 Å². The topological polar surface area (TPSA) is 110 Å². The van der Waals surface area contributed by atoms with E-state index in [-0.39, 0.29) is 0 Å². The summed E-state index contributed by atoms with van der Waals surface area (Å²) in [5.74, 6) is 0.679. The molecule has 3 aromatic rings. The minimum Gasteiger partial charge on any atom is -0.398 e. The summed E-state index contributed by atoms with van der Waals surface area (Å²) in [6.07, 6.45) is 1.70. The van der Waals surface area contributed by atoms with Gasteiger partial charge in [-0.25, -0.2) is 15.0 Å². The van der Waals surface area contributed by atoms with Gasteiger partial charge in [-0.05, 0) is 18.2 Å². The van der Waals surface area contributed by atoms with E-state index in [1.54, 1.807) is 25.4 Å². The molecule has 126 valence electrons. The Morgan fingerprint density at radius 3 is 2.92 bits per heavy atom. The Hall–Kier alpha value is -3.02. The van der Waals surface area contributed by atoms with Crippen molar-refractivity contribution in [2.45, 2.75) is 0 Å². The first kappa shape index (κ1) is 16.8. The minimum absolute atomic E-state index is 0.307. The Morgan fingerprint density at radius 1 is 1.32 bits per heavy atom. The molecule has 0 bridgehead atoms. The zero-order valence-corrected chi connectivity index (χ0v) is 14.4. The maximum atomic E-state index is 9.48. The first-order valence-electron chi connectivity index (χ1n) is 7.53. The van der Waals surface area contributed by atoms with E-state index in [4.69, 9.17) is 10.5 Å². The average molecular weight is 352 g/mol. The molecular weight excluding hydrogens is 336 g/mol. The maximum Gasteiger partial charge on any atom is 0.141 e. The molecule has 3 rings (SSSR count). The van der Waals surface area contributed by atoms with Crippen molar-refractivity contribution in [2.75, 3.05) is 31.3 Å². The van der Waals surface area contributed by atoms with Crippen LogP contribution in [0, 0.1) is 11.3 Å². The quantitative estimate of drug-likeness (QED) is 0.656. The highest BCUT2D eigenvalue weighted by Crippen LogP contribution is 2.30. The Morgan fingerprint density at radius 2 is 2.20 bits per heavy atom. The first-order valence-corrected chi connectivity index (χ1v) is 8.41. The van der Waals surface area contributed by atoms with Crippen LogP contribution in [0.2, 0.25) is 0 Å². The molecule has 0 aliphatic carbocycles. The van der Waals surface area contributed by atoms with Crippen LogP contribution >= 0.6 is 11.3 Å². The third-order valence-corrected chi connectivity index (χ3v) is 4.21. The molecule has 0 fully saturated rings. The number of anilines is 2. The van der Waals surface area contributed by atoms with Crippen LogP contribution in [-0.2, 0) is 4.74 Å². The Balaban J connectivity index is 2.04. The van der Waals surface area contributed by atoms with E-state index in [2.05, 4.69) is 26.3 Å². The number of nitrogen functional groups attached to an aromatic ring is 1. The van der Waals surface area contributed by atoms with E-state index >= 15 is 0 Å². The number of nitrogens with two attached hydrogens (primary N) is 1. The summed E-state index contributed by atoms with van der Waals surface area (Å²) in [4.78, 5) is 13.4. The molecular formula is C17H16N6OS. The van der Waals surface area contributed by atoms with E-state index < -0.39 is 0 Å². The Kier molecular flexibility index (Phi) is 5.18. The highest BCUT2D eigenvalue weighted by molar-refractivity contribution is 7.13. The fraction of sp³-hybridized carbons (Fsp3) is 0.176. The summed E-state index contributed by atoms with van der Waals surface area (Å²) in [5, 5.41) is 15.3. The predicted octanol–water partition coefficient (Wildman–Crippen LogP) is 2.78. The van der Waals surface area contributed by atoms with E-state index in [0.29, 0.717) is 47.3 Å². The van der Waals surface area contributed by atoms with Gasteiger partial charge in [-0.2, -0.15) is 5.26 Å². The Labute approximate surface area is 149 Å². The van der Waals surface area contributed by atoms with E-state index in [9.17, 15) is 5.26 Å². The Bertz CT molecular complexity index is 904. The fourth-order valence-electron chi connectivity index (χ4n) is 2.27. The number of nitriles is 1. The van der Waals surface area contributed by atoms with Gasteiger partial charge in [0.2, 0.25) is 0 Å². The minimum atomic E-state index is 0.307. The van der Waals surface area contributed by atoms with Gasteiger partial charge >= 0.3 is 0 Å². The molecule has 0 saturated carbocycles. The third kappa shape index (κ3) is 3.74. The van der Waals surface area contributed by atoms with Crippen LogP contribution in [-0.4, -0.2) is 35.2 Å². The zero-order valence-electron chi connectivity index (χ0n) is 13.6. The van der Waals surface area contributed by atoms with E-state index in [0.717, 1.165) is 5.01 Å². The number of methoxy groups -OCH3 is 1. The second-order valence-electron chi connectivity index (χ2n) is 5.10. The summed E-state index contributed by atoms with van der Waals surface area (Å²) < 4.78 is 5.02. The summed E-state index contributed by atoms with van der Waals surface area (Å²) in [7, 11) is 1.64. The van der Waals surface area contributed by atoms with E-state index in [1.807, 2.05) is 17.5 Å². The fourth-order valence-corrected chi connectivity index (χ4v) is 2.87. The van der Waals surface area contributed by atoms with Crippen molar-refractivity contribution in [1.82, 2.24) is 15.0 Å². The van der Waals surface area contributed by atoms with Gasteiger partial charge in [0.15, 0.2) is 0 Å². The molecule has 0 amide bonds. The van der Waals surface area contributed by atoms with Gasteiger partial charge in [-0.1, -0.05) is 6.07 Å². The number of nitrogens with zero attached hydrogens (tertiary/aromatic N) is 4. The summed E-state index contributed by atoms with van der Waals surface area (Å²) in [6.45, 7) is 1.20. The standard InChI is InChI=1S/C17H16N6OS/c1-24-7-5-20-15-4-2-3-13(22-15)16-11(10-18)12(19)9-14(23-16)17-21-6-8-25-17/h2-4,6,8-9H,5,7H2,1H3,(H2,19,23)(H,20,22). The van der Waals surface area contributed by atoms with Crippen molar-refractivity contribution < 1.29 is 4.74 Å². The molecule has 3 heterocycles. The smallest absolute Gasteiger partial charge is 0.141 e. The van der Waals surface area contributed by atoms with Crippen molar-refractivity contribution in [1.29, 1.82) is 5.26 Å². The summed E-state index contributed by atoms with van der Waals surface area (Å²) in [5.41, 5.74) is 8.38. The van der Waals surface area contributed by atoms with Gasteiger partial charge in [0.25, 0.3) is 0 Å². The summed E-state index contributed by atoms with van der Waals surface area (Å²) >= 11 is 1.46. The monoisotopic (exact) mass is 352 g/mol. The van der Waals surface area contributed by atoms with Crippen molar-refractivity contribution in [3.63, 3.8) is 0 Å². The van der Waals surface area contributed by atoms with Gasteiger partial charge in [0.1, 0.15) is 33.8 Å². The maximum absolute atomic E-state index is 9.48. The lowest BCUT2D eigenvalue weighted by Crippen LogP contribution is -2.09. The van der Waals surface area contributed by atoms with Crippen LogP contribution in [0.15, 0.2) is 35.8 Å². The second-order valence-corrected chi connectivity index (χ2v) is 5.99. The lowest BCUT2D eigenvalue weighted by molar-refractivity contribution is 0.210. The van der Waals surface area contributed by atoms with Crippen molar-refractivity contribution in [2.24, 2.45) is 0 Å². The molecule has 0 spiro atoms. The number of aromatic nitrogens is 3. The molecule has 3 N–H and O–H groups in total. The third-order valence-electron chi connectivity index (χ3n) is 3.42. The number of ether oxygens (including phenoxy) is 1. The van der Waals surface area contributed by atoms with Gasteiger partial charge in [-0.3, -0.25) is 0 Å². The van der Waals surface area contributed by atoms with Crippen LogP contribution in [0.4, 0.5) is 11.5 Å². The van der Waals surface area contributed by atoms with Crippen LogP contribution < -0.4 is 11.1 Å². The normalized spacial score (nSPS) is 10.4. The predicted molar refractivity (Wildman–Crippen MR) is 98.1 cm³/mol. The highest BCUT2D eigenvalue weighted by atomic mass is 32.1. The number of thiazole rings is 1. The molecule has 8 heteroatoms. The van der Waals surface area contributed by atoms with Gasteiger partial charge in [0.05, 0.1) is 18.0 Å². The number of pyridine rings is 2. The largest absolute Gasteiger partial charge is 0.398 e. The molecule has 7 nitrogen and oxygen atoms in total. The molecule has 0 aliphatic rings. The first-order chi connectivity index (χ1) is 12.2. The average Bonchev–Trinajstić information content (AvgIpc) is 3.16. The van der Waals surface area contributed by atoms with Gasteiger partial charge in [0, 0.05) is 25.2 Å². The van der Waals surface area contributed by atoms with Gasteiger partial charge in [-0.15, -0.1) is 11.3 Å². The number of rotatable bonds is 6. The molecule has 25 heavy (non-hydrogen) atoms. The van der Waals surface area contributed by atoms with Gasteiger partial charge < -0.3 is 15.8 Å². The lowest BCUT2D eigenvalue weighted by Gasteiger charge is -2.10. The molecule has 0 atom stereocenters. The highest BCUT2D eigenvalue weighted by Gasteiger charge is 2.16. The lowest BCUT2D eigenvalue weighted by atomic mass is 10.1. The molecule has 0 aromatic carbocycles.